The molecule has 0 atom stereocenters. The topological polar surface area (TPSA) is 3.24 Å². The molecule has 0 aliphatic heterocycles. The molecule has 0 spiro atoms. The minimum Gasteiger partial charge on any atom is -0.310 e. The first-order valence-electron chi connectivity index (χ1n) is 24.2. The molecule has 0 bridgehead atoms. The van der Waals surface area contributed by atoms with Crippen molar-refractivity contribution in [1.29, 1.82) is 0 Å². The lowest BCUT2D eigenvalue weighted by Gasteiger charge is -2.39. The average Bonchev–Trinajstić information content (AvgIpc) is 3.68. The number of nitrogens with zero attached hydrogens (tertiary/aromatic N) is 1. The van der Waals surface area contributed by atoms with Gasteiger partial charge in [0.25, 0.3) is 0 Å². The zero-order chi connectivity index (χ0) is 45.4. The molecule has 1 nitrogen and oxygen atoms in total. The molecule has 1 heteroatoms. The second-order valence-electron chi connectivity index (χ2n) is 22.3. The summed E-state index contributed by atoms with van der Waals surface area (Å²) in [6, 6.07) is 61.1. The van der Waals surface area contributed by atoms with E-state index in [9.17, 15) is 0 Å². The highest BCUT2D eigenvalue weighted by atomic mass is 15.1. The summed E-state index contributed by atoms with van der Waals surface area (Å²) in [4.78, 5) is 2.52. The maximum atomic E-state index is 2.52. The Balaban J connectivity index is 0.972. The van der Waals surface area contributed by atoms with Gasteiger partial charge in [0, 0.05) is 38.7 Å². The Hall–Kier alpha value is -6.70. The molecule has 0 radical (unpaired) electrons. The highest BCUT2D eigenvalue weighted by Gasteiger charge is 2.47. The third-order valence-corrected chi connectivity index (χ3v) is 16.9. The van der Waals surface area contributed by atoms with Crippen LogP contribution < -0.4 is 4.90 Å². The number of hydrogen-bond acceptors (Lipinski definition) is 1. The zero-order valence-electron chi connectivity index (χ0n) is 40.0. The molecule has 0 N–H and O–H groups in total. The van der Waals surface area contributed by atoms with E-state index in [1.165, 1.54) is 133 Å². The minimum absolute atomic E-state index is 0.166. The van der Waals surface area contributed by atoms with Crippen LogP contribution >= 0.6 is 0 Å². The number of rotatable bonds is 4. The van der Waals surface area contributed by atoms with E-state index in [1.54, 1.807) is 0 Å². The van der Waals surface area contributed by atoms with Gasteiger partial charge in [-0.2, -0.15) is 0 Å². The number of fused-ring (bicyclic) bond motifs is 12. The minimum atomic E-state index is -0.229. The first-order valence-corrected chi connectivity index (χ1v) is 24.2. The number of anilines is 3. The van der Waals surface area contributed by atoms with Crippen LogP contribution in [0.15, 0.2) is 158 Å². The smallest absolute Gasteiger partial charge is 0.0465 e. The Morgan fingerprint density at radius 1 is 0.318 bits per heavy atom. The van der Waals surface area contributed by atoms with Crippen LogP contribution in [0.1, 0.15) is 125 Å². The van der Waals surface area contributed by atoms with Gasteiger partial charge < -0.3 is 4.90 Å². The van der Waals surface area contributed by atoms with E-state index in [4.69, 9.17) is 0 Å². The van der Waals surface area contributed by atoms with Crippen molar-refractivity contribution in [1.82, 2.24) is 0 Å². The van der Waals surface area contributed by atoms with Gasteiger partial charge in [-0.25, -0.2) is 0 Å². The SMILES string of the molecule is CC(C)c1ccc(N(c2ccc3c(c2)C(C)(C)c2c-3ccc3c2C(C)(C)c2cccc4cccc-3c24)c2ccc3c(c2)C(C)(C)c2c-3ccc3c2C(C)(C)c2cccc4cccc-3c24)cc1. The van der Waals surface area contributed by atoms with Crippen molar-refractivity contribution in [2.45, 2.75) is 96.8 Å². The van der Waals surface area contributed by atoms with Gasteiger partial charge in [-0.15, -0.1) is 0 Å². The molecular weight excluding hydrogens is 795 g/mol. The van der Waals surface area contributed by atoms with Gasteiger partial charge in [0.1, 0.15) is 0 Å². The van der Waals surface area contributed by atoms with E-state index >= 15 is 0 Å². The van der Waals surface area contributed by atoms with E-state index < -0.39 is 0 Å². The van der Waals surface area contributed by atoms with E-state index in [0.717, 1.165) is 0 Å². The van der Waals surface area contributed by atoms with Crippen LogP contribution in [0.4, 0.5) is 17.1 Å². The van der Waals surface area contributed by atoms with Gasteiger partial charge in [-0.05, 0) is 158 Å². The molecular formula is C65H57N. The fraction of sp³-hybridized carbons (Fsp3) is 0.231. The van der Waals surface area contributed by atoms with Gasteiger partial charge >= 0.3 is 0 Å². The molecule has 0 aromatic heterocycles. The van der Waals surface area contributed by atoms with E-state index in [1.807, 2.05) is 0 Å². The third-order valence-electron chi connectivity index (χ3n) is 16.9. The lowest BCUT2D eigenvalue weighted by molar-refractivity contribution is 0.591. The molecule has 0 fully saturated rings. The average molecular weight is 852 g/mol. The Bertz CT molecular complexity index is 3380. The zero-order valence-corrected chi connectivity index (χ0v) is 40.0. The monoisotopic (exact) mass is 851 g/mol. The highest BCUT2D eigenvalue weighted by molar-refractivity contribution is 6.06. The normalized spacial score (nSPS) is 16.7. The fourth-order valence-electron chi connectivity index (χ4n) is 13.7. The first kappa shape index (κ1) is 39.6. The molecule has 0 saturated heterocycles. The largest absolute Gasteiger partial charge is 0.310 e. The molecule has 9 aromatic rings. The first-order chi connectivity index (χ1) is 31.6. The number of hydrogen-bond donors (Lipinski definition) is 0. The van der Waals surface area contributed by atoms with Crippen LogP contribution in [0, 0.1) is 0 Å². The standard InChI is InChI=1S/C65H57N/c1-37(2)38-23-25-41(26-24-38)66(42-27-29-44-48-31-33-50-46-19-11-15-39-17-13-21-52(56(39)46)62(3,4)60(50)58(48)64(7,8)54(44)35-42)43-28-30-45-49-32-34-51-47-20-12-16-40-18-14-22-53(57(40)47)63(5,6)61(51)59(49)65(9,10)55(45)36-43/h11-37H,1-10H3. The number of benzene rings is 9. The van der Waals surface area contributed by atoms with Crippen molar-refractivity contribution < 1.29 is 0 Å². The van der Waals surface area contributed by atoms with Crippen LogP contribution in [0.3, 0.4) is 0 Å². The van der Waals surface area contributed by atoms with Gasteiger partial charge in [0.2, 0.25) is 0 Å². The van der Waals surface area contributed by atoms with Crippen LogP contribution in [-0.4, -0.2) is 0 Å². The molecule has 66 heavy (non-hydrogen) atoms. The highest BCUT2D eigenvalue weighted by Crippen LogP contribution is 2.61. The predicted octanol–water partition coefficient (Wildman–Crippen LogP) is 17.8. The Labute approximate surface area is 390 Å². The van der Waals surface area contributed by atoms with Crippen LogP contribution in [0.25, 0.3) is 66.1 Å². The van der Waals surface area contributed by atoms with E-state index in [-0.39, 0.29) is 21.7 Å². The van der Waals surface area contributed by atoms with Crippen molar-refractivity contribution in [2.75, 3.05) is 4.90 Å². The van der Waals surface area contributed by atoms with Crippen LogP contribution in [0.5, 0.6) is 0 Å². The van der Waals surface area contributed by atoms with Gasteiger partial charge in [0.15, 0.2) is 0 Å². The van der Waals surface area contributed by atoms with E-state index in [2.05, 4.69) is 232 Å². The van der Waals surface area contributed by atoms with Crippen molar-refractivity contribution in [3.63, 3.8) is 0 Å². The Morgan fingerprint density at radius 3 is 1.05 bits per heavy atom. The molecule has 0 unspecified atom stereocenters. The molecule has 0 heterocycles. The maximum Gasteiger partial charge on any atom is 0.0465 e. The van der Waals surface area contributed by atoms with E-state index in [0.29, 0.717) is 5.92 Å². The summed E-state index contributed by atoms with van der Waals surface area (Å²) in [7, 11) is 0. The molecule has 4 aliphatic carbocycles. The molecule has 4 aliphatic rings. The van der Waals surface area contributed by atoms with Gasteiger partial charge in [-0.3, -0.25) is 0 Å². The lowest BCUT2D eigenvalue weighted by atomic mass is 9.63. The lowest BCUT2D eigenvalue weighted by Crippen LogP contribution is -2.29. The molecule has 0 saturated carbocycles. The van der Waals surface area contributed by atoms with Crippen LogP contribution in [0.2, 0.25) is 0 Å². The molecule has 9 aromatic carbocycles. The Morgan fingerprint density at radius 2 is 0.652 bits per heavy atom. The third kappa shape index (κ3) is 4.96. The summed E-state index contributed by atoms with van der Waals surface area (Å²) in [6.45, 7) is 24.3. The maximum absolute atomic E-state index is 2.52. The summed E-state index contributed by atoms with van der Waals surface area (Å²) in [6.07, 6.45) is 0. The molecule has 13 rings (SSSR count). The summed E-state index contributed by atoms with van der Waals surface area (Å²) in [5, 5.41) is 5.45. The van der Waals surface area contributed by atoms with Crippen molar-refractivity contribution in [3.05, 3.63) is 208 Å². The second-order valence-corrected chi connectivity index (χ2v) is 22.3. The molecule has 322 valence electrons. The summed E-state index contributed by atoms with van der Waals surface area (Å²) < 4.78 is 0. The van der Waals surface area contributed by atoms with Crippen molar-refractivity contribution >= 4 is 38.6 Å². The fourth-order valence-corrected chi connectivity index (χ4v) is 13.7. The molecule has 0 amide bonds. The van der Waals surface area contributed by atoms with Crippen LogP contribution in [-0.2, 0) is 21.7 Å². The van der Waals surface area contributed by atoms with Gasteiger partial charge in [0.05, 0.1) is 0 Å². The Kier molecular flexibility index (Phi) is 7.81. The van der Waals surface area contributed by atoms with Crippen molar-refractivity contribution in [3.8, 4) is 44.5 Å². The summed E-state index contributed by atoms with van der Waals surface area (Å²) in [5.74, 6) is 0.453. The quantitative estimate of drug-likeness (QED) is 0.170. The van der Waals surface area contributed by atoms with Crippen molar-refractivity contribution in [2.24, 2.45) is 0 Å². The van der Waals surface area contributed by atoms with Gasteiger partial charge in [-0.1, -0.05) is 191 Å². The second kappa shape index (κ2) is 13.0. The summed E-state index contributed by atoms with van der Waals surface area (Å²) in [5.41, 5.74) is 26.5. The summed E-state index contributed by atoms with van der Waals surface area (Å²) >= 11 is 0. The predicted molar refractivity (Wildman–Crippen MR) is 280 cm³/mol.